The summed E-state index contributed by atoms with van der Waals surface area (Å²) < 4.78 is 0. The van der Waals surface area contributed by atoms with Crippen molar-refractivity contribution in [3.63, 3.8) is 0 Å². The Morgan fingerprint density at radius 1 is 1.33 bits per heavy atom. The van der Waals surface area contributed by atoms with E-state index in [9.17, 15) is 5.11 Å². The zero-order valence-corrected chi connectivity index (χ0v) is 9.95. The molecule has 1 aliphatic carbocycles. The molecule has 0 bridgehead atoms. The van der Waals surface area contributed by atoms with Crippen LogP contribution in [0.15, 0.2) is 0 Å². The number of aliphatic hydroxyl groups excluding tert-OH is 1. The Labute approximate surface area is 92.6 Å². The number of likely N-dealkylation sites (tertiary alicyclic amines) is 1. The lowest BCUT2D eigenvalue weighted by molar-refractivity contribution is 0.0648. The van der Waals surface area contributed by atoms with Crippen molar-refractivity contribution in [1.29, 1.82) is 0 Å². The Morgan fingerprint density at radius 3 is 2.33 bits per heavy atom. The Balaban J connectivity index is 1.97. The second-order valence-electron chi connectivity index (χ2n) is 5.69. The number of nitrogens with zero attached hydrogens (tertiary/aromatic N) is 1. The molecule has 0 radical (unpaired) electrons. The molecule has 0 aromatic carbocycles. The van der Waals surface area contributed by atoms with Gasteiger partial charge in [-0.15, -0.1) is 0 Å². The van der Waals surface area contributed by atoms with Gasteiger partial charge in [0.2, 0.25) is 0 Å². The van der Waals surface area contributed by atoms with Gasteiger partial charge in [0.1, 0.15) is 0 Å². The van der Waals surface area contributed by atoms with E-state index in [0.29, 0.717) is 6.04 Å². The predicted octanol–water partition coefficient (Wildman–Crippen LogP) is 0.959. The number of piperidine rings is 1. The maximum absolute atomic E-state index is 9.70. The monoisotopic (exact) mass is 212 g/mol. The minimum absolute atomic E-state index is 0.148. The van der Waals surface area contributed by atoms with Crippen LogP contribution in [0.1, 0.15) is 39.5 Å². The minimum Gasteiger partial charge on any atom is -0.393 e. The lowest BCUT2D eigenvalue weighted by Gasteiger charge is -2.43. The van der Waals surface area contributed by atoms with Crippen LogP contribution in [0.2, 0.25) is 0 Å². The van der Waals surface area contributed by atoms with Crippen molar-refractivity contribution < 1.29 is 5.11 Å². The molecule has 0 amide bonds. The van der Waals surface area contributed by atoms with E-state index in [4.69, 9.17) is 5.73 Å². The average molecular weight is 212 g/mol. The molecule has 3 nitrogen and oxygen atoms in total. The van der Waals surface area contributed by atoms with Crippen molar-refractivity contribution in [1.82, 2.24) is 4.90 Å². The molecular weight excluding hydrogens is 188 g/mol. The van der Waals surface area contributed by atoms with Crippen molar-refractivity contribution >= 4 is 0 Å². The molecule has 2 atom stereocenters. The Bertz CT molecular complexity index is 222. The summed E-state index contributed by atoms with van der Waals surface area (Å²) in [7, 11) is 0. The minimum atomic E-state index is -0.148. The van der Waals surface area contributed by atoms with Gasteiger partial charge in [0, 0.05) is 12.1 Å². The molecule has 2 aliphatic rings. The highest BCUT2D eigenvalue weighted by molar-refractivity contribution is 5.01. The lowest BCUT2D eigenvalue weighted by Crippen LogP contribution is -2.48. The fourth-order valence-corrected chi connectivity index (χ4v) is 3.31. The van der Waals surface area contributed by atoms with E-state index in [2.05, 4.69) is 18.7 Å². The fourth-order valence-electron chi connectivity index (χ4n) is 3.31. The fraction of sp³-hybridized carbons (Fsp3) is 1.00. The van der Waals surface area contributed by atoms with Crippen molar-refractivity contribution in [3.05, 3.63) is 0 Å². The van der Waals surface area contributed by atoms with Crippen LogP contribution in [0.25, 0.3) is 0 Å². The van der Waals surface area contributed by atoms with Gasteiger partial charge < -0.3 is 15.7 Å². The van der Waals surface area contributed by atoms with E-state index >= 15 is 0 Å². The highest BCUT2D eigenvalue weighted by Gasteiger charge is 2.46. The van der Waals surface area contributed by atoms with Gasteiger partial charge in [-0.2, -0.15) is 0 Å². The summed E-state index contributed by atoms with van der Waals surface area (Å²) in [5.41, 5.74) is 6.43. The first-order valence-electron chi connectivity index (χ1n) is 6.21. The summed E-state index contributed by atoms with van der Waals surface area (Å²) in [6, 6.07) is 0.867. The van der Waals surface area contributed by atoms with Crippen LogP contribution >= 0.6 is 0 Å². The third-order valence-corrected chi connectivity index (χ3v) is 4.48. The van der Waals surface area contributed by atoms with Gasteiger partial charge >= 0.3 is 0 Å². The molecule has 0 unspecified atom stereocenters. The van der Waals surface area contributed by atoms with Gasteiger partial charge in [-0.1, -0.05) is 0 Å². The Hall–Kier alpha value is -0.120. The van der Waals surface area contributed by atoms with E-state index in [-0.39, 0.29) is 17.6 Å². The predicted molar refractivity (Wildman–Crippen MR) is 61.6 cm³/mol. The molecule has 15 heavy (non-hydrogen) atoms. The molecule has 1 spiro atoms. The van der Waals surface area contributed by atoms with Crippen molar-refractivity contribution in [2.45, 2.75) is 57.7 Å². The summed E-state index contributed by atoms with van der Waals surface area (Å²) >= 11 is 0. The topological polar surface area (TPSA) is 49.5 Å². The molecule has 3 heteroatoms. The maximum atomic E-state index is 9.70. The van der Waals surface area contributed by atoms with E-state index < -0.39 is 0 Å². The largest absolute Gasteiger partial charge is 0.393 e. The van der Waals surface area contributed by atoms with Gasteiger partial charge in [0.25, 0.3) is 0 Å². The first-order valence-corrected chi connectivity index (χ1v) is 6.21. The summed E-state index contributed by atoms with van der Waals surface area (Å²) in [5, 5.41) is 9.70. The third-order valence-electron chi connectivity index (χ3n) is 4.48. The molecule has 0 aromatic heterocycles. The molecule has 0 aromatic rings. The second-order valence-corrected chi connectivity index (χ2v) is 5.69. The first kappa shape index (κ1) is 11.4. The Kier molecular flexibility index (Phi) is 3.06. The number of hydrogen-bond donors (Lipinski definition) is 2. The standard InChI is InChI=1S/C12H24N2O/c1-9(2)14-5-3-12(4-6-14)8-10(15)7-11(12)13/h9-11,15H,3-8,13H2,1-2H3/t10-,11+/m0/s1. The van der Waals surface area contributed by atoms with Crippen LogP contribution in [0, 0.1) is 5.41 Å². The summed E-state index contributed by atoms with van der Waals surface area (Å²) in [6.07, 6.45) is 3.93. The highest BCUT2D eigenvalue weighted by atomic mass is 16.3. The van der Waals surface area contributed by atoms with Gasteiger partial charge in [0.05, 0.1) is 6.10 Å². The lowest BCUT2D eigenvalue weighted by atomic mass is 9.74. The molecule has 1 saturated carbocycles. The first-order chi connectivity index (χ1) is 7.03. The normalized spacial score (nSPS) is 36.6. The quantitative estimate of drug-likeness (QED) is 0.680. The third kappa shape index (κ3) is 2.05. The molecule has 1 saturated heterocycles. The van der Waals surface area contributed by atoms with Crippen molar-refractivity contribution in [3.8, 4) is 0 Å². The van der Waals surface area contributed by atoms with Crippen LogP contribution < -0.4 is 5.73 Å². The summed E-state index contributed by atoms with van der Waals surface area (Å²) in [5.74, 6) is 0. The number of nitrogens with two attached hydrogens (primary N) is 1. The van der Waals surface area contributed by atoms with Gasteiger partial charge in [-0.3, -0.25) is 0 Å². The van der Waals surface area contributed by atoms with Crippen LogP contribution in [0.4, 0.5) is 0 Å². The van der Waals surface area contributed by atoms with Crippen LogP contribution in [-0.4, -0.2) is 41.3 Å². The highest BCUT2D eigenvalue weighted by Crippen LogP contribution is 2.45. The summed E-state index contributed by atoms with van der Waals surface area (Å²) in [4.78, 5) is 2.52. The van der Waals surface area contributed by atoms with Gasteiger partial charge in [-0.25, -0.2) is 0 Å². The Morgan fingerprint density at radius 2 is 1.93 bits per heavy atom. The second kappa shape index (κ2) is 4.04. The smallest absolute Gasteiger partial charge is 0.0561 e. The van der Waals surface area contributed by atoms with E-state index in [1.54, 1.807) is 0 Å². The molecular formula is C12H24N2O. The van der Waals surface area contributed by atoms with Crippen LogP contribution in [-0.2, 0) is 0 Å². The van der Waals surface area contributed by atoms with Crippen LogP contribution in [0.3, 0.4) is 0 Å². The number of rotatable bonds is 1. The van der Waals surface area contributed by atoms with Crippen LogP contribution in [0.5, 0.6) is 0 Å². The van der Waals surface area contributed by atoms with E-state index in [1.807, 2.05) is 0 Å². The summed E-state index contributed by atoms with van der Waals surface area (Å²) in [6.45, 7) is 6.80. The molecule has 1 aliphatic heterocycles. The maximum Gasteiger partial charge on any atom is 0.0561 e. The number of aliphatic hydroxyl groups is 1. The van der Waals surface area contributed by atoms with Gasteiger partial charge in [0.15, 0.2) is 0 Å². The SMILES string of the molecule is CC(C)N1CCC2(CC1)C[C@@H](O)C[C@H]2N. The van der Waals surface area contributed by atoms with E-state index in [0.717, 1.165) is 25.9 Å². The molecule has 88 valence electrons. The molecule has 2 fully saturated rings. The van der Waals surface area contributed by atoms with Crippen molar-refractivity contribution in [2.24, 2.45) is 11.1 Å². The number of hydrogen-bond acceptors (Lipinski definition) is 3. The average Bonchev–Trinajstić information content (AvgIpc) is 2.42. The van der Waals surface area contributed by atoms with Gasteiger partial charge in [-0.05, 0) is 58.0 Å². The molecule has 3 N–H and O–H groups in total. The molecule has 2 rings (SSSR count). The van der Waals surface area contributed by atoms with E-state index in [1.165, 1.54) is 12.8 Å². The van der Waals surface area contributed by atoms with Crippen molar-refractivity contribution in [2.75, 3.05) is 13.1 Å². The zero-order chi connectivity index (χ0) is 11.1. The molecule has 1 heterocycles. The zero-order valence-electron chi connectivity index (χ0n) is 9.95.